The second kappa shape index (κ2) is 9.25. The Morgan fingerprint density at radius 2 is 1.72 bits per heavy atom. The van der Waals surface area contributed by atoms with Crippen LogP contribution in [0.2, 0.25) is 0 Å². The van der Waals surface area contributed by atoms with Gasteiger partial charge in [0.15, 0.2) is 0 Å². The highest BCUT2D eigenvalue weighted by Gasteiger charge is 2.25. The molecular formula is C20H22INO2S. The number of sulfonamides is 1. The van der Waals surface area contributed by atoms with E-state index in [0.717, 1.165) is 28.4 Å². The second-order valence-corrected chi connectivity index (χ2v) is 8.73. The molecular weight excluding hydrogens is 445 g/mol. The first kappa shape index (κ1) is 19.8. The summed E-state index contributed by atoms with van der Waals surface area (Å²) in [6.45, 7) is 4.07. The maximum Gasteiger partial charge on any atom is 0.275 e. The molecule has 2 aromatic rings. The molecule has 0 aliphatic rings. The Morgan fingerprint density at radius 1 is 1.04 bits per heavy atom. The Morgan fingerprint density at radius 3 is 2.36 bits per heavy atom. The smallest absolute Gasteiger partial charge is 0.200 e. The third-order valence-electron chi connectivity index (χ3n) is 3.72. The molecule has 0 aromatic heterocycles. The monoisotopic (exact) mass is 467 g/mol. The normalized spacial score (nSPS) is 10.8. The predicted molar refractivity (Wildman–Crippen MR) is 112 cm³/mol. The van der Waals surface area contributed by atoms with Gasteiger partial charge in [0.1, 0.15) is 0 Å². The lowest BCUT2D eigenvalue weighted by molar-refractivity contribution is 0.596. The summed E-state index contributed by atoms with van der Waals surface area (Å²) in [4.78, 5) is 0.251. The van der Waals surface area contributed by atoms with Gasteiger partial charge in [0.05, 0.1) is 10.6 Å². The maximum atomic E-state index is 13.1. The molecule has 0 unspecified atom stereocenters. The first-order valence-corrected chi connectivity index (χ1v) is 10.8. The van der Waals surface area contributed by atoms with Crippen molar-refractivity contribution in [2.75, 3.05) is 4.31 Å². The van der Waals surface area contributed by atoms with E-state index in [4.69, 9.17) is 0 Å². The number of aryl methyl sites for hydroxylation is 1. The minimum Gasteiger partial charge on any atom is -0.200 e. The molecule has 25 heavy (non-hydrogen) atoms. The van der Waals surface area contributed by atoms with Crippen molar-refractivity contribution in [1.82, 2.24) is 0 Å². The minimum atomic E-state index is -3.73. The summed E-state index contributed by atoms with van der Waals surface area (Å²) in [5, 5.41) is 0. The van der Waals surface area contributed by atoms with Crippen LogP contribution in [0.4, 0.5) is 5.69 Å². The Labute approximate surface area is 164 Å². The maximum absolute atomic E-state index is 13.1. The molecule has 0 aliphatic carbocycles. The lowest BCUT2D eigenvalue weighted by Gasteiger charge is -2.19. The van der Waals surface area contributed by atoms with E-state index in [9.17, 15) is 8.42 Å². The van der Waals surface area contributed by atoms with Crippen molar-refractivity contribution in [3.63, 3.8) is 0 Å². The number of unbranched alkanes of at least 4 members (excludes halogenated alkanes) is 3. The van der Waals surface area contributed by atoms with Gasteiger partial charge in [-0.3, -0.25) is 0 Å². The summed E-state index contributed by atoms with van der Waals surface area (Å²) >= 11 is 2.14. The van der Waals surface area contributed by atoms with Gasteiger partial charge in [-0.1, -0.05) is 55.5 Å². The highest BCUT2D eigenvalue weighted by Crippen LogP contribution is 2.27. The van der Waals surface area contributed by atoms with Crippen LogP contribution in [0.3, 0.4) is 0 Å². The molecule has 5 heteroatoms. The highest BCUT2D eigenvalue weighted by molar-refractivity contribution is 14.1. The fourth-order valence-electron chi connectivity index (χ4n) is 2.27. The third-order valence-corrected chi connectivity index (χ3v) is 6.27. The number of rotatable bonds is 6. The Bertz CT molecular complexity index is 865. The van der Waals surface area contributed by atoms with Crippen molar-refractivity contribution in [2.24, 2.45) is 0 Å². The van der Waals surface area contributed by atoms with Gasteiger partial charge < -0.3 is 0 Å². The quantitative estimate of drug-likeness (QED) is 0.249. The zero-order valence-corrected chi connectivity index (χ0v) is 17.5. The van der Waals surface area contributed by atoms with Crippen LogP contribution < -0.4 is 4.31 Å². The molecule has 0 atom stereocenters. The fourth-order valence-corrected chi connectivity index (χ4v) is 4.36. The van der Waals surface area contributed by atoms with Crippen molar-refractivity contribution >= 4 is 38.3 Å². The highest BCUT2D eigenvalue weighted by atomic mass is 127. The van der Waals surface area contributed by atoms with Crippen molar-refractivity contribution in [3.05, 3.63) is 57.7 Å². The summed E-state index contributed by atoms with van der Waals surface area (Å²) < 4.78 is 28.3. The molecule has 2 aromatic carbocycles. The van der Waals surface area contributed by atoms with Gasteiger partial charge >= 0.3 is 0 Å². The van der Waals surface area contributed by atoms with Gasteiger partial charge in [-0.15, -0.1) is 0 Å². The van der Waals surface area contributed by atoms with Crippen molar-refractivity contribution in [3.8, 4) is 12.0 Å². The zero-order valence-electron chi connectivity index (χ0n) is 14.5. The molecule has 2 rings (SSSR count). The number of hydrogen-bond acceptors (Lipinski definition) is 2. The summed E-state index contributed by atoms with van der Waals surface area (Å²) in [6, 6.07) is 17.1. The van der Waals surface area contributed by atoms with Crippen molar-refractivity contribution in [2.45, 2.75) is 44.4 Å². The molecule has 0 bridgehead atoms. The average Bonchev–Trinajstić information content (AvgIpc) is 2.59. The standard InChI is InChI=1S/C20H22INO2S/c1-3-4-5-6-9-16-22(20-11-8-7-10-19(20)21)25(23,24)18-14-12-17(2)13-15-18/h7-8,10-15H,3-6H2,1-2H3. The Kier molecular flexibility index (Phi) is 7.33. The average molecular weight is 467 g/mol. The molecule has 0 spiro atoms. The summed E-state index contributed by atoms with van der Waals surface area (Å²) in [7, 11) is -3.73. The van der Waals surface area contributed by atoms with Gasteiger partial charge in [0, 0.05) is 16.0 Å². The number of para-hydroxylation sites is 1. The molecule has 0 N–H and O–H groups in total. The second-order valence-electron chi connectivity index (χ2n) is 5.78. The molecule has 0 saturated heterocycles. The van der Waals surface area contributed by atoms with Crippen LogP contribution in [-0.2, 0) is 10.0 Å². The topological polar surface area (TPSA) is 37.4 Å². The van der Waals surface area contributed by atoms with E-state index in [1.165, 1.54) is 4.31 Å². The molecule has 0 amide bonds. The van der Waals surface area contributed by atoms with Crippen LogP contribution in [0.15, 0.2) is 53.4 Å². The van der Waals surface area contributed by atoms with E-state index in [1.807, 2.05) is 25.1 Å². The summed E-state index contributed by atoms with van der Waals surface area (Å²) in [5.41, 5.74) is 1.61. The molecule has 0 aliphatic heterocycles. The first-order chi connectivity index (χ1) is 12.0. The predicted octanol–water partition coefficient (Wildman–Crippen LogP) is 5.34. The molecule has 0 fully saturated rings. The third kappa shape index (κ3) is 5.23. The van der Waals surface area contributed by atoms with Gasteiger partial charge in [-0.05, 0) is 60.2 Å². The molecule has 0 heterocycles. The van der Waals surface area contributed by atoms with E-state index >= 15 is 0 Å². The Balaban J connectivity index is 2.43. The Hall–Kier alpha value is -1.52. The molecule has 0 radical (unpaired) electrons. The molecule has 0 saturated carbocycles. The van der Waals surface area contributed by atoms with Crippen LogP contribution in [0, 0.1) is 22.5 Å². The van der Waals surface area contributed by atoms with E-state index in [2.05, 4.69) is 41.5 Å². The van der Waals surface area contributed by atoms with E-state index in [1.54, 1.807) is 30.3 Å². The number of nitrogens with zero attached hydrogens (tertiary/aromatic N) is 1. The molecule has 3 nitrogen and oxygen atoms in total. The van der Waals surface area contributed by atoms with Crippen LogP contribution in [-0.4, -0.2) is 8.42 Å². The number of benzene rings is 2. The lowest BCUT2D eigenvalue weighted by atomic mass is 10.2. The zero-order chi connectivity index (χ0) is 18.3. The molecule has 132 valence electrons. The minimum absolute atomic E-state index is 0.251. The lowest BCUT2D eigenvalue weighted by Crippen LogP contribution is -2.27. The van der Waals surface area contributed by atoms with E-state index < -0.39 is 10.0 Å². The van der Waals surface area contributed by atoms with Gasteiger partial charge in [0.25, 0.3) is 10.0 Å². The summed E-state index contributed by atoms with van der Waals surface area (Å²) in [6.07, 6.45) is 3.89. The van der Waals surface area contributed by atoms with Gasteiger partial charge in [0.2, 0.25) is 0 Å². The van der Waals surface area contributed by atoms with Crippen molar-refractivity contribution in [1.29, 1.82) is 0 Å². The number of halogens is 1. The van der Waals surface area contributed by atoms with Crippen molar-refractivity contribution < 1.29 is 8.42 Å². The van der Waals surface area contributed by atoms with Crippen LogP contribution >= 0.6 is 22.6 Å². The van der Waals surface area contributed by atoms with Crippen LogP contribution in [0.5, 0.6) is 0 Å². The van der Waals surface area contributed by atoms with Gasteiger partial charge in [-0.25, -0.2) is 8.42 Å². The van der Waals surface area contributed by atoms with Crippen LogP contribution in [0.25, 0.3) is 0 Å². The van der Waals surface area contributed by atoms with E-state index in [-0.39, 0.29) is 4.90 Å². The number of anilines is 1. The number of hydrogen-bond donors (Lipinski definition) is 0. The summed E-state index contributed by atoms with van der Waals surface area (Å²) in [5.74, 6) is 3.03. The largest absolute Gasteiger partial charge is 0.275 e. The van der Waals surface area contributed by atoms with Gasteiger partial charge in [-0.2, -0.15) is 4.31 Å². The van der Waals surface area contributed by atoms with Crippen LogP contribution in [0.1, 0.15) is 38.2 Å². The first-order valence-electron chi connectivity index (χ1n) is 8.32. The van der Waals surface area contributed by atoms with E-state index in [0.29, 0.717) is 12.1 Å². The SMILES string of the molecule is CCCCCC#CN(c1ccccc1I)S(=O)(=O)c1ccc(C)cc1. The fraction of sp³-hybridized carbons (Fsp3) is 0.300.